The summed E-state index contributed by atoms with van der Waals surface area (Å²) in [6.45, 7) is 0. The maximum Gasteiger partial charge on any atom is 0.260 e. The number of carbonyl (C=O) groups is 4. The number of aromatic nitrogens is 18. The van der Waals surface area contributed by atoms with Crippen molar-refractivity contribution in [1.29, 1.82) is 0 Å². The molecule has 4 aliphatic heterocycles. The Balaban J connectivity index is 0.000000105. The van der Waals surface area contributed by atoms with Gasteiger partial charge in [0.25, 0.3) is 23.6 Å². The zero-order valence-corrected chi connectivity index (χ0v) is 68.3. The summed E-state index contributed by atoms with van der Waals surface area (Å²) in [7, 11) is 1.79. The Hall–Kier alpha value is -17.4. The van der Waals surface area contributed by atoms with E-state index >= 15 is 35.1 Å². The fourth-order valence-electron chi connectivity index (χ4n) is 16.9. The van der Waals surface area contributed by atoms with Crippen LogP contribution in [0.15, 0.2) is 245 Å². The number of benzene rings is 5. The summed E-state index contributed by atoms with van der Waals surface area (Å²) in [5, 5.41) is 10.9. The standard InChI is InChI=1S/2C25H15F2N5O.C24H16F2N6O.C23H14F2N6O/c26-19-11-17(6-5-16-3-1-9-28-13-16)12-20(27)22(19)31-23(33)25(7-8-25)32-21(15-30-24(31)32)18-4-2-10-29-14-18;26-19-10-17(7-6-16-4-2-1-3-5-16)11-20(27)22(19)31-23(33)25(8-9-25)32-21(14-30-24(31)32)18-12-28-15-29-13-18;1-30-19(6-10-29-30)20-14-28-23-31(22(33)24(7-8-24)32(20)23)21-17(25)11-16(12-18(21)26)5-4-15-3-2-9-27-13-15;24-17-8-15(4-3-14-2-1-7-26-10-14)9-18(25)20(17)30-21(32)23(5-6-23)31-19(13-27-22(30)31)16-11-28-29-12-16/h1-4,9-15H,7-8H2;1-5,10-15H,8-9H2;2-3,6,9-14H,7-8H2,1H3;1-2,7-13H,5-6H2,(H,28,29). The number of pyridine rings is 4. The van der Waals surface area contributed by atoms with Crippen LogP contribution in [0.4, 0.5) is 81.7 Å². The van der Waals surface area contributed by atoms with Crippen molar-refractivity contribution in [3.8, 4) is 92.5 Å². The second kappa shape index (κ2) is 31.6. The van der Waals surface area contributed by atoms with Crippen LogP contribution in [0.3, 0.4) is 0 Å². The number of halogens is 8. The highest BCUT2D eigenvalue weighted by molar-refractivity contribution is 6.13. The highest BCUT2D eigenvalue weighted by Gasteiger charge is 2.66. The van der Waals surface area contributed by atoms with Crippen molar-refractivity contribution in [3.05, 3.63) is 336 Å². The van der Waals surface area contributed by atoms with Crippen molar-refractivity contribution in [2.45, 2.75) is 73.5 Å². The fraction of sp³-hybridized carbons (Fsp3) is 0.134. The summed E-state index contributed by atoms with van der Waals surface area (Å²) in [6, 6.07) is 34.0. The Kier molecular flexibility index (Phi) is 19.5. The highest BCUT2D eigenvalue weighted by atomic mass is 19.2. The lowest BCUT2D eigenvalue weighted by molar-refractivity contribution is -0.121. The van der Waals surface area contributed by atoms with E-state index in [-0.39, 0.29) is 57.9 Å². The maximum absolute atomic E-state index is 15.2. The largest absolute Gasteiger partial charge is 0.294 e. The number of imidazole rings is 4. The van der Waals surface area contributed by atoms with Crippen LogP contribution in [0.5, 0.6) is 0 Å². The van der Waals surface area contributed by atoms with Gasteiger partial charge in [-0.2, -0.15) is 10.2 Å². The molecule has 4 saturated carbocycles. The van der Waals surface area contributed by atoms with Gasteiger partial charge in [-0.05, 0) is 167 Å². The molecule has 0 radical (unpaired) electrons. The molecule has 4 spiro atoms. The molecular weight excluding hydrogens is 1690 g/mol. The van der Waals surface area contributed by atoms with Crippen molar-refractivity contribution >= 4 is 70.2 Å². The van der Waals surface area contributed by atoms with E-state index in [1.54, 1.807) is 190 Å². The Morgan fingerprint density at radius 2 is 0.603 bits per heavy atom. The van der Waals surface area contributed by atoms with E-state index in [0.29, 0.717) is 96.4 Å². The van der Waals surface area contributed by atoms with E-state index in [0.717, 1.165) is 90.5 Å². The van der Waals surface area contributed by atoms with Crippen LogP contribution in [-0.2, 0) is 48.4 Å². The van der Waals surface area contributed by atoms with Crippen molar-refractivity contribution in [3.63, 3.8) is 0 Å². The summed E-state index contributed by atoms with van der Waals surface area (Å²) in [5.74, 6) is 14.5. The van der Waals surface area contributed by atoms with E-state index in [1.165, 1.54) is 6.33 Å². The molecule has 4 amide bonds. The van der Waals surface area contributed by atoms with Crippen molar-refractivity contribution in [1.82, 2.24) is 88.1 Å². The molecule has 131 heavy (non-hydrogen) atoms. The lowest BCUT2D eigenvalue weighted by Crippen LogP contribution is -2.31. The van der Waals surface area contributed by atoms with Crippen molar-refractivity contribution in [2.75, 3.05) is 19.6 Å². The number of anilines is 8. The number of aromatic amines is 1. The number of aryl methyl sites for hydroxylation is 1. The number of rotatable bonds is 8. The van der Waals surface area contributed by atoms with Gasteiger partial charge in [-0.3, -0.25) is 67.2 Å². The molecule has 0 saturated heterocycles. The molecule has 1 N–H and O–H groups in total. The number of fused-ring (bicyclic) bond motifs is 8. The lowest BCUT2D eigenvalue weighted by Gasteiger charge is -2.17. The van der Waals surface area contributed by atoms with Gasteiger partial charge in [0.05, 0.1) is 59.5 Å². The van der Waals surface area contributed by atoms with E-state index < -0.39 is 103 Å². The first-order valence-corrected chi connectivity index (χ1v) is 40.9. The number of hydrogen-bond acceptors (Lipinski definition) is 16. The number of nitrogens with zero attached hydrogens (tertiary/aromatic N) is 21. The summed E-state index contributed by atoms with van der Waals surface area (Å²) < 4.78 is 130. The number of amides is 4. The van der Waals surface area contributed by atoms with Crippen LogP contribution < -0.4 is 19.6 Å². The summed E-state index contributed by atoms with van der Waals surface area (Å²) in [4.78, 5) is 99.1. The monoisotopic (exact) mass is 1750 g/mol. The van der Waals surface area contributed by atoms with Crippen LogP contribution >= 0.6 is 0 Å². The smallest absolute Gasteiger partial charge is 0.260 e. The van der Waals surface area contributed by atoms with E-state index in [4.69, 9.17) is 0 Å². The van der Waals surface area contributed by atoms with Gasteiger partial charge < -0.3 is 0 Å². The molecule has 26 nitrogen and oxygen atoms in total. The molecule has 11 aromatic heterocycles. The first kappa shape index (κ1) is 80.7. The third-order valence-electron chi connectivity index (χ3n) is 23.6. The lowest BCUT2D eigenvalue weighted by atomic mass is 10.1. The second-order valence-electron chi connectivity index (χ2n) is 31.7. The molecular formula is C97H60F8N22O4. The molecule has 5 aromatic carbocycles. The minimum absolute atomic E-state index is 0.155. The molecule has 34 heteroatoms. The van der Waals surface area contributed by atoms with Crippen LogP contribution in [0.25, 0.3) is 45.2 Å². The Labute approximate surface area is 737 Å². The summed E-state index contributed by atoms with van der Waals surface area (Å²) in [5.41, 5.74) is 3.58. The van der Waals surface area contributed by atoms with Crippen molar-refractivity contribution in [2.24, 2.45) is 7.05 Å². The van der Waals surface area contributed by atoms with Crippen molar-refractivity contribution < 1.29 is 54.3 Å². The SMILES string of the molecule is Cn1nccc1-c1cnc2n1C1(CC1)C(=O)N2c1c(F)cc(C#Cc2cccnc2)cc1F.O=C1N(c2c(F)cc(C#Cc3ccccc3)cc2F)c2ncc(-c3cncnc3)n2C12CC2.O=C1N(c2c(F)cc(C#Cc3cccnc3)cc2F)c2ncc(-c3cccnc3)n2C12CC2.O=C1N(c2c(F)cc(C#Cc3cccnc3)cc2F)c2ncc(-c3cn[nH]c3)n2C12CC2. The molecule has 24 rings (SSSR count). The molecule has 0 bridgehead atoms. The first-order valence-electron chi connectivity index (χ1n) is 40.9. The normalized spacial score (nSPS) is 15.4. The summed E-state index contributed by atoms with van der Waals surface area (Å²) >= 11 is 0. The van der Waals surface area contributed by atoms with Crippen LogP contribution in [0.1, 0.15) is 95.9 Å². The van der Waals surface area contributed by atoms with Gasteiger partial charge in [0, 0.05) is 143 Å². The summed E-state index contributed by atoms with van der Waals surface area (Å²) in [6.07, 6.45) is 33.4. The average molecular weight is 1750 g/mol. The van der Waals surface area contributed by atoms with E-state index in [2.05, 4.69) is 112 Å². The van der Waals surface area contributed by atoms with E-state index in [1.807, 2.05) is 30.3 Å². The topological polar surface area (TPSA) is 276 Å². The van der Waals surface area contributed by atoms with Crippen LogP contribution in [0.2, 0.25) is 0 Å². The molecule has 4 fully saturated rings. The molecule has 0 unspecified atom stereocenters. The third-order valence-corrected chi connectivity index (χ3v) is 23.6. The molecule has 4 aliphatic carbocycles. The average Bonchev–Trinajstić information content (AvgIpc) is 1.47. The van der Waals surface area contributed by atoms with Crippen LogP contribution in [0, 0.1) is 93.9 Å². The van der Waals surface area contributed by atoms with Gasteiger partial charge in [0.2, 0.25) is 23.8 Å². The predicted octanol–water partition coefficient (Wildman–Crippen LogP) is 15.4. The maximum atomic E-state index is 15.2. The van der Waals surface area contributed by atoms with Gasteiger partial charge >= 0.3 is 0 Å². The molecule has 16 aromatic rings. The quantitative estimate of drug-likeness (QED) is 0.109. The van der Waals surface area contributed by atoms with Gasteiger partial charge in [-0.1, -0.05) is 65.6 Å². The van der Waals surface area contributed by atoms with Gasteiger partial charge in [-0.25, -0.2) is 84.6 Å². The Bertz CT molecular complexity index is 7340. The predicted molar refractivity (Wildman–Crippen MR) is 459 cm³/mol. The highest BCUT2D eigenvalue weighted by Crippen LogP contribution is 2.61. The number of H-pyrrole nitrogens is 1. The number of nitrogens with one attached hydrogen (secondary N) is 1. The third kappa shape index (κ3) is 13.8. The van der Waals surface area contributed by atoms with Crippen LogP contribution in [-0.4, -0.2) is 112 Å². The zero-order chi connectivity index (χ0) is 89.8. The van der Waals surface area contributed by atoms with Gasteiger partial charge in [0.15, 0.2) is 46.5 Å². The van der Waals surface area contributed by atoms with Gasteiger partial charge in [0.1, 0.15) is 51.2 Å². The Morgan fingerprint density at radius 1 is 0.298 bits per heavy atom. The van der Waals surface area contributed by atoms with E-state index in [9.17, 15) is 19.2 Å². The fourth-order valence-corrected chi connectivity index (χ4v) is 16.9. The Morgan fingerprint density at radius 3 is 0.916 bits per heavy atom. The number of hydrogen-bond donors (Lipinski definition) is 1. The minimum atomic E-state index is -0.887. The molecule has 15 heterocycles. The minimum Gasteiger partial charge on any atom is -0.294 e. The molecule has 0 atom stereocenters. The first-order chi connectivity index (χ1) is 63.7. The molecule has 8 aliphatic rings. The molecule has 638 valence electrons. The second-order valence-corrected chi connectivity index (χ2v) is 31.7. The van der Waals surface area contributed by atoms with Gasteiger partial charge in [-0.15, -0.1) is 0 Å². The number of carbonyl (C=O) groups excluding carboxylic acids is 4. The zero-order valence-electron chi connectivity index (χ0n) is 68.3.